The van der Waals surface area contributed by atoms with Gasteiger partial charge in [-0.1, -0.05) is 152 Å². The molecule has 2 nitrogen and oxygen atoms in total. The summed E-state index contributed by atoms with van der Waals surface area (Å²) in [7, 11) is -3.08. The summed E-state index contributed by atoms with van der Waals surface area (Å²) in [6, 6.07) is 59.8. The summed E-state index contributed by atoms with van der Waals surface area (Å²) in [5.74, 6) is 0. The van der Waals surface area contributed by atoms with Crippen LogP contribution in [-0.2, 0) is 4.57 Å². The molecule has 10 rings (SSSR count). The number of aromatic nitrogens is 1. The van der Waals surface area contributed by atoms with Crippen LogP contribution < -0.4 is 15.9 Å². The van der Waals surface area contributed by atoms with Crippen molar-refractivity contribution in [2.75, 3.05) is 0 Å². The lowest BCUT2D eigenvalue weighted by atomic mass is 9.90. The molecule has 8 aromatic carbocycles. The molecule has 220 valence electrons. The number of benzene rings is 8. The zero-order chi connectivity index (χ0) is 31.1. The summed E-state index contributed by atoms with van der Waals surface area (Å²) in [4.78, 5) is 0. The van der Waals surface area contributed by atoms with Crippen LogP contribution in [0.2, 0.25) is 0 Å². The fourth-order valence-electron chi connectivity index (χ4n) is 8.00. The fraction of sp³-hybridized carbons (Fsp3) is 0. The minimum Gasteiger partial charge on any atom is -0.309 e. The first-order valence-electron chi connectivity index (χ1n) is 16.1. The van der Waals surface area contributed by atoms with E-state index in [1.165, 1.54) is 38.4 Å². The minimum atomic E-state index is -3.08. The number of hydrogen-bond acceptors (Lipinski definition) is 1. The van der Waals surface area contributed by atoms with Gasteiger partial charge in [-0.3, -0.25) is 0 Å². The predicted octanol–water partition coefficient (Wildman–Crippen LogP) is 10.4. The van der Waals surface area contributed by atoms with Crippen LogP contribution >= 0.6 is 7.14 Å². The highest BCUT2D eigenvalue weighted by Crippen LogP contribution is 2.54. The molecule has 0 saturated carbocycles. The summed E-state index contributed by atoms with van der Waals surface area (Å²) < 4.78 is 17.9. The predicted molar refractivity (Wildman–Crippen MR) is 200 cm³/mol. The lowest BCUT2D eigenvalue weighted by Gasteiger charge is -2.20. The Balaban J connectivity index is 1.38. The fourth-order valence-corrected chi connectivity index (χ4v) is 11.1. The third-order valence-corrected chi connectivity index (χ3v) is 13.1. The number of rotatable bonds is 3. The molecule has 47 heavy (non-hydrogen) atoms. The Morgan fingerprint density at radius 2 is 0.957 bits per heavy atom. The van der Waals surface area contributed by atoms with E-state index in [0.717, 1.165) is 48.8 Å². The van der Waals surface area contributed by atoms with Gasteiger partial charge in [0.25, 0.3) is 0 Å². The molecular weight excluding hydrogens is 589 g/mol. The van der Waals surface area contributed by atoms with Gasteiger partial charge in [-0.25, -0.2) is 0 Å². The minimum absolute atomic E-state index is 0.878. The van der Waals surface area contributed by atoms with Gasteiger partial charge >= 0.3 is 0 Å². The van der Waals surface area contributed by atoms with E-state index in [9.17, 15) is 0 Å². The van der Waals surface area contributed by atoms with Crippen molar-refractivity contribution in [1.29, 1.82) is 0 Å². The average Bonchev–Trinajstić information content (AvgIpc) is 3.59. The monoisotopic (exact) mass is 617 g/mol. The van der Waals surface area contributed by atoms with Crippen molar-refractivity contribution in [3.8, 4) is 27.9 Å². The molecule has 0 N–H and O–H groups in total. The maximum absolute atomic E-state index is 15.4. The van der Waals surface area contributed by atoms with Crippen molar-refractivity contribution in [3.05, 3.63) is 170 Å². The number of fused-ring (bicyclic) bond motifs is 8. The molecule has 2 heterocycles. The highest BCUT2D eigenvalue weighted by Gasteiger charge is 2.40. The van der Waals surface area contributed by atoms with Gasteiger partial charge in [0.2, 0.25) is 0 Å². The third kappa shape index (κ3) is 3.59. The number of para-hydroxylation sites is 1. The van der Waals surface area contributed by atoms with E-state index in [-0.39, 0.29) is 0 Å². The first-order valence-corrected chi connectivity index (χ1v) is 17.8. The second-order valence-electron chi connectivity index (χ2n) is 12.4. The Labute approximate surface area is 272 Å². The molecule has 0 aliphatic carbocycles. The van der Waals surface area contributed by atoms with Gasteiger partial charge in [0.1, 0.15) is 0 Å². The standard InChI is InChI=1S/C44H28NOP/c46-47(30-17-5-2-6-18-30)41-26-14-12-20-32(41)38-27-40-37(28-42(38)47)31-19-11-13-25-39(31)45(40)44-35-23-9-7-21-33(35)43(29-15-3-1-4-16-29)34-22-8-10-24-36(34)44/h1-28H. The Morgan fingerprint density at radius 1 is 0.404 bits per heavy atom. The van der Waals surface area contributed by atoms with E-state index in [1.807, 2.05) is 36.4 Å². The van der Waals surface area contributed by atoms with Crippen LogP contribution in [0, 0.1) is 0 Å². The Morgan fingerprint density at radius 3 is 1.66 bits per heavy atom. The van der Waals surface area contributed by atoms with E-state index >= 15 is 4.57 Å². The van der Waals surface area contributed by atoms with Crippen LogP contribution in [0.3, 0.4) is 0 Å². The molecule has 1 aliphatic rings. The van der Waals surface area contributed by atoms with Gasteiger partial charge in [0.15, 0.2) is 7.14 Å². The maximum Gasteiger partial charge on any atom is 0.172 e. The number of hydrogen-bond donors (Lipinski definition) is 0. The molecule has 3 heteroatoms. The van der Waals surface area contributed by atoms with Crippen LogP contribution in [0.15, 0.2) is 170 Å². The van der Waals surface area contributed by atoms with E-state index in [0.29, 0.717) is 0 Å². The van der Waals surface area contributed by atoms with Gasteiger partial charge in [-0.2, -0.15) is 0 Å². The molecule has 1 atom stereocenters. The summed E-state index contributed by atoms with van der Waals surface area (Å²) in [5, 5.41) is 9.83. The molecule has 0 spiro atoms. The summed E-state index contributed by atoms with van der Waals surface area (Å²) in [6.07, 6.45) is 0. The van der Waals surface area contributed by atoms with Crippen molar-refractivity contribution in [2.45, 2.75) is 0 Å². The second-order valence-corrected chi connectivity index (χ2v) is 15.1. The Kier molecular flexibility index (Phi) is 5.59. The van der Waals surface area contributed by atoms with E-state index in [1.54, 1.807) is 0 Å². The molecular formula is C44H28NOP. The zero-order valence-electron chi connectivity index (χ0n) is 25.5. The SMILES string of the molecule is O=P1(c2ccccc2)c2ccccc2-c2cc3c(cc21)c1ccccc1n3-c1c2ccccc2c(-c2ccccc2)c2ccccc12. The smallest absolute Gasteiger partial charge is 0.172 e. The topological polar surface area (TPSA) is 22.0 Å². The van der Waals surface area contributed by atoms with Crippen molar-refractivity contribution in [3.63, 3.8) is 0 Å². The quantitative estimate of drug-likeness (QED) is 0.143. The molecule has 0 bridgehead atoms. The van der Waals surface area contributed by atoms with Gasteiger partial charge < -0.3 is 9.13 Å². The van der Waals surface area contributed by atoms with E-state index < -0.39 is 7.14 Å². The second kappa shape index (κ2) is 9.90. The first kappa shape index (κ1) is 26.5. The third-order valence-electron chi connectivity index (χ3n) is 9.97. The normalized spacial score (nSPS) is 15.4. The zero-order valence-corrected chi connectivity index (χ0v) is 26.4. The van der Waals surface area contributed by atoms with Crippen LogP contribution in [0.25, 0.3) is 71.3 Å². The van der Waals surface area contributed by atoms with Crippen molar-refractivity contribution in [1.82, 2.24) is 4.57 Å². The van der Waals surface area contributed by atoms with E-state index in [4.69, 9.17) is 0 Å². The highest BCUT2D eigenvalue weighted by atomic mass is 31.2. The molecule has 9 aromatic rings. The van der Waals surface area contributed by atoms with Crippen molar-refractivity contribution in [2.24, 2.45) is 0 Å². The maximum atomic E-state index is 15.4. The average molecular weight is 618 g/mol. The molecule has 0 amide bonds. The van der Waals surface area contributed by atoms with Gasteiger partial charge in [0, 0.05) is 37.5 Å². The molecule has 1 unspecified atom stereocenters. The van der Waals surface area contributed by atoms with E-state index in [2.05, 4.69) is 138 Å². The lowest BCUT2D eigenvalue weighted by molar-refractivity contribution is 0.593. The van der Waals surface area contributed by atoms with Gasteiger partial charge in [0.05, 0.1) is 16.7 Å². The number of nitrogens with zero attached hydrogens (tertiary/aromatic N) is 1. The van der Waals surface area contributed by atoms with Crippen LogP contribution in [0.1, 0.15) is 0 Å². The van der Waals surface area contributed by atoms with Gasteiger partial charge in [-0.15, -0.1) is 0 Å². The molecule has 0 radical (unpaired) electrons. The molecule has 1 aliphatic heterocycles. The summed E-state index contributed by atoms with van der Waals surface area (Å²) in [6.45, 7) is 0. The first-order chi connectivity index (χ1) is 23.2. The van der Waals surface area contributed by atoms with Gasteiger partial charge in [-0.05, 0) is 51.2 Å². The summed E-state index contributed by atoms with van der Waals surface area (Å²) >= 11 is 0. The highest BCUT2D eigenvalue weighted by molar-refractivity contribution is 7.86. The van der Waals surface area contributed by atoms with Crippen molar-refractivity contribution < 1.29 is 4.57 Å². The Bertz CT molecular complexity index is 2700. The molecule has 1 aromatic heterocycles. The molecule has 0 saturated heterocycles. The van der Waals surface area contributed by atoms with Crippen LogP contribution in [0.5, 0.6) is 0 Å². The lowest BCUT2D eigenvalue weighted by Crippen LogP contribution is -2.20. The van der Waals surface area contributed by atoms with Crippen LogP contribution in [-0.4, -0.2) is 4.57 Å². The summed E-state index contributed by atoms with van der Waals surface area (Å²) in [5.41, 5.74) is 7.99. The largest absolute Gasteiger partial charge is 0.309 e. The Hall–Kier alpha value is -5.69. The molecule has 0 fully saturated rings. The van der Waals surface area contributed by atoms with Crippen molar-refractivity contribution >= 4 is 66.4 Å². The van der Waals surface area contributed by atoms with Crippen LogP contribution in [0.4, 0.5) is 0 Å².